The molecule has 0 saturated heterocycles. The van der Waals surface area contributed by atoms with E-state index in [2.05, 4.69) is 0 Å². The molecule has 0 aliphatic rings. The fourth-order valence-corrected chi connectivity index (χ4v) is 2.53. The van der Waals surface area contributed by atoms with E-state index in [-0.39, 0.29) is 0 Å². The zero-order valence-electron chi connectivity index (χ0n) is 14.4. The topological polar surface area (TPSA) is 89.0 Å². The van der Waals surface area contributed by atoms with Crippen molar-refractivity contribution in [2.45, 2.75) is 12.1 Å². The predicted octanol–water partition coefficient (Wildman–Crippen LogP) is 2.42. The Morgan fingerprint density at radius 3 is 1.21 bits per heavy atom. The molecule has 2 aromatic rings. The summed E-state index contributed by atoms with van der Waals surface area (Å²) in [6, 6.07) is 10.2. The van der Waals surface area contributed by atoms with E-state index in [1.165, 1.54) is 0 Å². The summed E-state index contributed by atoms with van der Waals surface area (Å²) in [6.45, 7) is 0. The van der Waals surface area contributed by atoms with Crippen LogP contribution in [-0.4, -0.2) is 28.4 Å². The number of ether oxygens (including phenoxy) is 4. The van der Waals surface area contributed by atoms with Crippen LogP contribution in [0.25, 0.3) is 0 Å². The van der Waals surface area contributed by atoms with Crippen molar-refractivity contribution in [1.29, 1.82) is 0 Å². The zero-order valence-corrected chi connectivity index (χ0v) is 14.4. The number of hydrogen-bond acceptors (Lipinski definition) is 6. The van der Waals surface area contributed by atoms with Crippen molar-refractivity contribution in [3.05, 3.63) is 47.5 Å². The molecule has 0 aromatic heterocycles. The van der Waals surface area contributed by atoms with Crippen molar-refractivity contribution in [1.82, 2.24) is 0 Å². The van der Waals surface area contributed by atoms with E-state index in [0.29, 0.717) is 23.0 Å². The molecule has 6 heteroatoms. The van der Waals surface area contributed by atoms with Crippen molar-refractivity contribution in [3.63, 3.8) is 0 Å². The zero-order chi connectivity index (χ0) is 17.7. The van der Waals surface area contributed by atoms with Crippen molar-refractivity contribution >= 4 is 0 Å². The van der Waals surface area contributed by atoms with Gasteiger partial charge in [-0.25, -0.2) is 0 Å². The molecular weight excluding hydrogens is 308 g/mol. The van der Waals surface area contributed by atoms with E-state index in [9.17, 15) is 0 Å². The lowest BCUT2D eigenvalue weighted by molar-refractivity contribution is 0.353. The minimum atomic E-state index is -0.414. The minimum absolute atomic E-state index is 0.414. The first-order valence-corrected chi connectivity index (χ1v) is 7.50. The third-order valence-corrected chi connectivity index (χ3v) is 3.97. The van der Waals surface area contributed by atoms with E-state index < -0.39 is 12.1 Å². The summed E-state index contributed by atoms with van der Waals surface area (Å²) in [5, 5.41) is 0. The number of methoxy groups -OCH3 is 4. The van der Waals surface area contributed by atoms with Gasteiger partial charge in [0.25, 0.3) is 0 Å². The van der Waals surface area contributed by atoms with Gasteiger partial charge in [0.05, 0.1) is 28.4 Å². The molecule has 0 radical (unpaired) electrons. The Bertz CT molecular complexity index is 631. The first-order chi connectivity index (χ1) is 11.5. The Hall–Kier alpha value is -2.44. The fourth-order valence-electron chi connectivity index (χ4n) is 2.53. The van der Waals surface area contributed by atoms with Crippen molar-refractivity contribution in [2.75, 3.05) is 28.4 Å². The molecule has 0 fully saturated rings. The highest BCUT2D eigenvalue weighted by molar-refractivity contribution is 5.46. The molecule has 0 spiro atoms. The monoisotopic (exact) mass is 332 g/mol. The lowest BCUT2D eigenvalue weighted by Gasteiger charge is -2.22. The second-order valence-corrected chi connectivity index (χ2v) is 5.28. The van der Waals surface area contributed by atoms with Crippen LogP contribution >= 0.6 is 0 Å². The average molecular weight is 332 g/mol. The van der Waals surface area contributed by atoms with Gasteiger partial charge in [0.15, 0.2) is 23.0 Å². The highest BCUT2D eigenvalue weighted by atomic mass is 16.5. The van der Waals surface area contributed by atoms with E-state index in [0.717, 1.165) is 11.1 Å². The van der Waals surface area contributed by atoms with Crippen molar-refractivity contribution in [3.8, 4) is 23.0 Å². The Morgan fingerprint density at radius 1 is 0.583 bits per heavy atom. The highest BCUT2D eigenvalue weighted by Gasteiger charge is 2.20. The molecule has 6 nitrogen and oxygen atoms in total. The first-order valence-electron chi connectivity index (χ1n) is 7.50. The van der Waals surface area contributed by atoms with Gasteiger partial charge in [0.1, 0.15) is 0 Å². The van der Waals surface area contributed by atoms with Gasteiger partial charge in [0, 0.05) is 12.1 Å². The van der Waals surface area contributed by atoms with Gasteiger partial charge in [-0.2, -0.15) is 0 Å². The maximum absolute atomic E-state index is 6.35. The maximum atomic E-state index is 6.35. The van der Waals surface area contributed by atoms with Gasteiger partial charge in [0.2, 0.25) is 0 Å². The van der Waals surface area contributed by atoms with E-state index in [1.54, 1.807) is 28.4 Å². The molecular formula is C18H24N2O4. The smallest absolute Gasteiger partial charge is 0.161 e. The van der Waals surface area contributed by atoms with Crippen LogP contribution in [0.1, 0.15) is 23.2 Å². The van der Waals surface area contributed by atoms with E-state index in [4.69, 9.17) is 30.4 Å². The Kier molecular flexibility index (Phi) is 5.89. The van der Waals surface area contributed by atoms with Gasteiger partial charge >= 0.3 is 0 Å². The van der Waals surface area contributed by atoms with Gasteiger partial charge in [-0.1, -0.05) is 12.1 Å². The molecule has 130 valence electrons. The van der Waals surface area contributed by atoms with Crippen molar-refractivity contribution < 1.29 is 18.9 Å². The largest absolute Gasteiger partial charge is 0.493 e. The van der Waals surface area contributed by atoms with Crippen molar-refractivity contribution in [2.24, 2.45) is 11.5 Å². The molecule has 0 bridgehead atoms. The van der Waals surface area contributed by atoms with Crippen LogP contribution in [0.2, 0.25) is 0 Å². The molecule has 0 aliphatic heterocycles. The summed E-state index contributed by atoms with van der Waals surface area (Å²) >= 11 is 0. The highest BCUT2D eigenvalue weighted by Crippen LogP contribution is 2.35. The standard InChI is InChI=1S/C18H24N2O4/c1-21-13-7-5-11(9-15(13)23-3)17(19)18(20)12-6-8-14(22-2)16(10-12)24-4/h5-10,17-18H,19-20H2,1-4H3. The molecule has 2 unspecified atom stereocenters. The maximum Gasteiger partial charge on any atom is 0.161 e. The van der Waals surface area contributed by atoms with Crippen LogP contribution < -0.4 is 30.4 Å². The Labute approximate surface area is 142 Å². The molecule has 24 heavy (non-hydrogen) atoms. The van der Waals surface area contributed by atoms with Crippen LogP contribution in [0.3, 0.4) is 0 Å². The fraction of sp³-hybridized carbons (Fsp3) is 0.333. The normalized spacial score (nSPS) is 13.1. The molecule has 2 aromatic carbocycles. The van der Waals surface area contributed by atoms with Gasteiger partial charge < -0.3 is 30.4 Å². The molecule has 0 saturated carbocycles. The van der Waals surface area contributed by atoms with Crippen LogP contribution in [-0.2, 0) is 0 Å². The average Bonchev–Trinajstić information content (AvgIpc) is 2.65. The molecule has 4 N–H and O–H groups in total. The number of hydrogen-bond donors (Lipinski definition) is 2. The second-order valence-electron chi connectivity index (χ2n) is 5.28. The summed E-state index contributed by atoms with van der Waals surface area (Å²) in [7, 11) is 6.35. The van der Waals surface area contributed by atoms with Gasteiger partial charge in [-0.3, -0.25) is 0 Å². The predicted molar refractivity (Wildman–Crippen MR) is 92.9 cm³/mol. The summed E-state index contributed by atoms with van der Waals surface area (Å²) in [5.74, 6) is 2.52. The summed E-state index contributed by atoms with van der Waals surface area (Å²) in [4.78, 5) is 0. The van der Waals surface area contributed by atoms with Crippen LogP contribution in [0.4, 0.5) is 0 Å². The molecule has 0 amide bonds. The first kappa shape index (κ1) is 17.9. The van der Waals surface area contributed by atoms with Crippen LogP contribution in [0, 0.1) is 0 Å². The lowest BCUT2D eigenvalue weighted by atomic mass is 9.94. The van der Waals surface area contributed by atoms with E-state index >= 15 is 0 Å². The van der Waals surface area contributed by atoms with E-state index in [1.807, 2.05) is 36.4 Å². The molecule has 2 rings (SSSR count). The molecule has 0 aliphatic carbocycles. The molecule has 2 atom stereocenters. The molecule has 0 heterocycles. The van der Waals surface area contributed by atoms with Gasteiger partial charge in [-0.05, 0) is 35.4 Å². The quantitative estimate of drug-likeness (QED) is 0.809. The number of nitrogens with two attached hydrogens (primary N) is 2. The van der Waals surface area contributed by atoms with Crippen LogP contribution in [0.15, 0.2) is 36.4 Å². The van der Waals surface area contributed by atoms with Gasteiger partial charge in [-0.15, -0.1) is 0 Å². The summed E-state index contributed by atoms with van der Waals surface area (Å²) < 4.78 is 21.1. The summed E-state index contributed by atoms with van der Waals surface area (Å²) in [5.41, 5.74) is 14.4. The lowest BCUT2D eigenvalue weighted by Crippen LogP contribution is -2.26. The number of benzene rings is 2. The SMILES string of the molecule is COc1ccc(C(N)C(N)c2ccc(OC)c(OC)c2)cc1OC. The third kappa shape index (κ3) is 3.55. The number of rotatable bonds is 7. The second kappa shape index (κ2) is 7.90. The minimum Gasteiger partial charge on any atom is -0.493 e. The van der Waals surface area contributed by atoms with Crippen LogP contribution in [0.5, 0.6) is 23.0 Å². The Morgan fingerprint density at radius 2 is 0.917 bits per heavy atom. The third-order valence-electron chi connectivity index (χ3n) is 3.97. The Balaban J connectivity index is 2.30. The summed E-state index contributed by atoms with van der Waals surface area (Å²) in [6.07, 6.45) is 0.